The summed E-state index contributed by atoms with van der Waals surface area (Å²) in [5.74, 6) is 0. The summed E-state index contributed by atoms with van der Waals surface area (Å²) in [4.78, 5) is 4.49. The van der Waals surface area contributed by atoms with Gasteiger partial charge >= 0.3 is 0 Å². The van der Waals surface area contributed by atoms with Crippen LogP contribution in [0.3, 0.4) is 0 Å². The van der Waals surface area contributed by atoms with E-state index in [1.807, 2.05) is 6.20 Å². The highest BCUT2D eigenvalue weighted by molar-refractivity contribution is 9.10. The van der Waals surface area contributed by atoms with Crippen LogP contribution >= 0.6 is 15.9 Å². The van der Waals surface area contributed by atoms with Crippen molar-refractivity contribution in [2.45, 2.75) is 57.6 Å². The molecule has 1 aliphatic heterocycles. The minimum Gasteiger partial charge on any atom is -0.378 e. The molecule has 1 aromatic heterocycles. The number of nitrogens with zero attached hydrogens (tertiary/aromatic N) is 1. The fourth-order valence-electron chi connectivity index (χ4n) is 2.66. The summed E-state index contributed by atoms with van der Waals surface area (Å²) >= 11 is 3.43. The molecule has 2 unspecified atom stereocenters. The highest BCUT2D eigenvalue weighted by atomic mass is 79.9. The van der Waals surface area contributed by atoms with E-state index in [4.69, 9.17) is 4.74 Å². The predicted molar refractivity (Wildman–Crippen MR) is 85.9 cm³/mol. The van der Waals surface area contributed by atoms with E-state index in [0.717, 1.165) is 36.2 Å². The maximum Gasteiger partial charge on any atom is 0.0576 e. The Hall–Kier alpha value is -0.450. The van der Waals surface area contributed by atoms with E-state index in [9.17, 15) is 0 Å². The number of hydrogen-bond donors (Lipinski definition) is 1. The third-order valence-corrected chi connectivity index (χ3v) is 4.26. The van der Waals surface area contributed by atoms with Crippen LogP contribution in [0.4, 0.5) is 0 Å². The Kier molecular flexibility index (Phi) is 6.97. The largest absolute Gasteiger partial charge is 0.378 e. The van der Waals surface area contributed by atoms with Crippen LogP contribution in [0.5, 0.6) is 0 Å². The van der Waals surface area contributed by atoms with Gasteiger partial charge in [-0.3, -0.25) is 4.98 Å². The van der Waals surface area contributed by atoms with Crippen LogP contribution < -0.4 is 5.32 Å². The van der Waals surface area contributed by atoms with Crippen LogP contribution in [-0.4, -0.2) is 30.3 Å². The van der Waals surface area contributed by atoms with Gasteiger partial charge in [0.05, 0.1) is 6.10 Å². The Morgan fingerprint density at radius 2 is 2.40 bits per heavy atom. The quantitative estimate of drug-likeness (QED) is 0.783. The molecule has 0 radical (unpaired) electrons. The van der Waals surface area contributed by atoms with Crippen LogP contribution in [0.2, 0.25) is 0 Å². The van der Waals surface area contributed by atoms with Crippen LogP contribution in [0, 0.1) is 0 Å². The van der Waals surface area contributed by atoms with Gasteiger partial charge in [0.15, 0.2) is 0 Å². The molecule has 1 aromatic rings. The Labute approximate surface area is 130 Å². The molecular weight excluding hydrogens is 316 g/mol. The third-order valence-electron chi connectivity index (χ3n) is 3.79. The fraction of sp³-hybridized carbons (Fsp3) is 0.688. The van der Waals surface area contributed by atoms with Gasteiger partial charge in [0, 0.05) is 35.4 Å². The molecule has 20 heavy (non-hydrogen) atoms. The van der Waals surface area contributed by atoms with Gasteiger partial charge < -0.3 is 10.1 Å². The molecule has 1 N–H and O–H groups in total. The van der Waals surface area contributed by atoms with Gasteiger partial charge in [0.2, 0.25) is 0 Å². The van der Waals surface area contributed by atoms with Crippen molar-refractivity contribution in [3.8, 4) is 0 Å². The second-order valence-corrected chi connectivity index (χ2v) is 6.45. The van der Waals surface area contributed by atoms with Gasteiger partial charge in [-0.05, 0) is 66.7 Å². The molecule has 1 saturated heterocycles. The Morgan fingerprint density at radius 1 is 1.50 bits per heavy atom. The molecular formula is C16H25BrN2O. The third kappa shape index (κ3) is 5.51. The standard InChI is InChI=1S/C16H25BrN2O/c1-2-9-18-14(7-8-16-4-3-10-20-16)11-15-6-5-13(17)12-19-15/h5-6,12,14,16,18H,2-4,7-11H2,1H3. The van der Waals surface area contributed by atoms with E-state index in [2.05, 4.69) is 45.3 Å². The monoisotopic (exact) mass is 340 g/mol. The number of ether oxygens (including phenoxy) is 1. The Bertz CT molecular complexity index is 377. The van der Waals surface area contributed by atoms with Crippen molar-refractivity contribution < 1.29 is 4.74 Å². The minimum atomic E-state index is 0.485. The van der Waals surface area contributed by atoms with Gasteiger partial charge in [-0.25, -0.2) is 0 Å². The van der Waals surface area contributed by atoms with Gasteiger partial charge in [-0.2, -0.15) is 0 Å². The molecule has 2 heterocycles. The van der Waals surface area contributed by atoms with Crippen molar-refractivity contribution in [1.29, 1.82) is 0 Å². The molecule has 1 fully saturated rings. The first kappa shape index (κ1) is 15.9. The van der Waals surface area contributed by atoms with Crippen LogP contribution in [0.1, 0.15) is 44.7 Å². The predicted octanol–water partition coefficient (Wildman–Crippen LogP) is 3.71. The lowest BCUT2D eigenvalue weighted by Gasteiger charge is -2.20. The topological polar surface area (TPSA) is 34.1 Å². The number of nitrogens with one attached hydrogen (secondary N) is 1. The molecule has 4 heteroatoms. The summed E-state index contributed by atoms with van der Waals surface area (Å²) in [6.07, 6.45) is 9.33. The summed E-state index contributed by atoms with van der Waals surface area (Å²) < 4.78 is 6.76. The smallest absolute Gasteiger partial charge is 0.0576 e. The SMILES string of the molecule is CCCNC(CCC1CCCO1)Cc1ccc(Br)cn1. The number of hydrogen-bond acceptors (Lipinski definition) is 3. The second kappa shape index (κ2) is 8.75. The molecule has 0 saturated carbocycles. The zero-order valence-electron chi connectivity index (χ0n) is 12.3. The number of halogens is 1. The summed E-state index contributed by atoms with van der Waals surface area (Å²) in [6, 6.07) is 4.68. The first-order valence-electron chi connectivity index (χ1n) is 7.73. The van der Waals surface area contributed by atoms with E-state index in [-0.39, 0.29) is 0 Å². The van der Waals surface area contributed by atoms with E-state index in [1.54, 1.807) is 0 Å². The molecule has 0 amide bonds. The number of rotatable bonds is 8. The highest BCUT2D eigenvalue weighted by Gasteiger charge is 2.18. The first-order chi connectivity index (χ1) is 9.78. The van der Waals surface area contributed by atoms with E-state index >= 15 is 0 Å². The average molecular weight is 341 g/mol. The van der Waals surface area contributed by atoms with Crippen molar-refractivity contribution in [3.05, 3.63) is 28.5 Å². The van der Waals surface area contributed by atoms with Gasteiger partial charge in [-0.1, -0.05) is 6.92 Å². The van der Waals surface area contributed by atoms with E-state index in [0.29, 0.717) is 12.1 Å². The molecule has 2 atom stereocenters. The zero-order chi connectivity index (χ0) is 14.2. The van der Waals surface area contributed by atoms with Crippen LogP contribution in [0.25, 0.3) is 0 Å². The zero-order valence-corrected chi connectivity index (χ0v) is 13.9. The molecule has 3 nitrogen and oxygen atoms in total. The van der Waals surface area contributed by atoms with Crippen molar-refractivity contribution >= 4 is 15.9 Å². The van der Waals surface area contributed by atoms with E-state index < -0.39 is 0 Å². The lowest BCUT2D eigenvalue weighted by molar-refractivity contribution is 0.0995. The summed E-state index contributed by atoms with van der Waals surface area (Å²) in [5, 5.41) is 3.65. The maximum absolute atomic E-state index is 5.72. The Balaban J connectivity index is 1.83. The van der Waals surface area contributed by atoms with Crippen molar-refractivity contribution in [2.24, 2.45) is 0 Å². The minimum absolute atomic E-state index is 0.485. The average Bonchev–Trinajstić information content (AvgIpc) is 2.97. The van der Waals surface area contributed by atoms with Crippen LogP contribution in [0.15, 0.2) is 22.8 Å². The molecule has 0 bridgehead atoms. The molecule has 1 aliphatic rings. The van der Waals surface area contributed by atoms with Crippen molar-refractivity contribution in [1.82, 2.24) is 10.3 Å². The fourth-order valence-corrected chi connectivity index (χ4v) is 2.90. The lowest BCUT2D eigenvalue weighted by atomic mass is 10.0. The van der Waals surface area contributed by atoms with Gasteiger partial charge in [0.1, 0.15) is 0 Å². The van der Waals surface area contributed by atoms with Crippen molar-refractivity contribution in [2.75, 3.05) is 13.2 Å². The molecule has 0 aromatic carbocycles. The van der Waals surface area contributed by atoms with Gasteiger partial charge in [-0.15, -0.1) is 0 Å². The summed E-state index contributed by atoms with van der Waals surface area (Å²) in [7, 11) is 0. The van der Waals surface area contributed by atoms with Gasteiger partial charge in [0.25, 0.3) is 0 Å². The number of pyridine rings is 1. The molecule has 2 rings (SSSR count). The maximum atomic E-state index is 5.72. The normalized spacial score (nSPS) is 20.2. The van der Waals surface area contributed by atoms with E-state index in [1.165, 1.54) is 25.7 Å². The first-order valence-corrected chi connectivity index (χ1v) is 8.52. The molecule has 0 spiro atoms. The van der Waals surface area contributed by atoms with Crippen LogP contribution in [-0.2, 0) is 11.2 Å². The second-order valence-electron chi connectivity index (χ2n) is 5.54. The number of aromatic nitrogens is 1. The molecule has 112 valence electrons. The summed E-state index contributed by atoms with van der Waals surface area (Å²) in [5.41, 5.74) is 1.16. The lowest BCUT2D eigenvalue weighted by Crippen LogP contribution is -2.33. The highest BCUT2D eigenvalue weighted by Crippen LogP contribution is 2.19. The Morgan fingerprint density at radius 3 is 3.05 bits per heavy atom. The molecule has 0 aliphatic carbocycles. The van der Waals surface area contributed by atoms with Crippen molar-refractivity contribution in [3.63, 3.8) is 0 Å². The summed E-state index contributed by atoms with van der Waals surface area (Å²) in [6.45, 7) is 4.24.